The molecule has 1 aromatic carbocycles. The first-order chi connectivity index (χ1) is 14.1. The average Bonchev–Trinajstić information content (AvgIpc) is 2.85. The second kappa shape index (κ2) is 9.22. The lowest BCUT2D eigenvalue weighted by atomic mass is 9.90. The van der Waals surface area contributed by atoms with Crippen LogP contribution in [0.1, 0.15) is 36.5 Å². The molecule has 2 N–H and O–H groups in total. The Morgan fingerprint density at radius 2 is 1.83 bits per heavy atom. The Labute approximate surface area is 179 Å². The lowest BCUT2D eigenvalue weighted by Gasteiger charge is -2.41. The van der Waals surface area contributed by atoms with Gasteiger partial charge in [0.05, 0.1) is 18.8 Å². The highest BCUT2D eigenvalue weighted by Crippen LogP contribution is 2.27. The number of piperidine rings is 1. The molecular formula is C23H36N2O5. The van der Waals surface area contributed by atoms with Gasteiger partial charge in [0, 0.05) is 39.6 Å². The molecule has 3 rings (SSSR count). The largest absolute Gasteiger partial charge is 0.490 e. The monoisotopic (exact) mass is 420 g/mol. The van der Waals surface area contributed by atoms with Gasteiger partial charge in [-0.15, -0.1) is 0 Å². The summed E-state index contributed by atoms with van der Waals surface area (Å²) in [5.74, 6) is 0.834. The number of likely N-dealkylation sites (tertiary alicyclic amines) is 1. The number of ether oxygens (including phenoxy) is 2. The number of carbonyl (C=O) groups excluding carboxylic acids is 1. The second-order valence-corrected chi connectivity index (χ2v) is 9.21. The molecule has 1 amide bonds. The van der Waals surface area contributed by atoms with Gasteiger partial charge < -0.3 is 24.6 Å². The molecule has 1 unspecified atom stereocenters. The van der Waals surface area contributed by atoms with E-state index in [1.54, 1.807) is 11.8 Å². The summed E-state index contributed by atoms with van der Waals surface area (Å²) in [7, 11) is 0. The van der Waals surface area contributed by atoms with Crippen LogP contribution in [0.3, 0.4) is 0 Å². The molecule has 0 bridgehead atoms. The number of β-amino-alcohol motifs (C(OH)–C–C–N with tert-alkyl or cyclic N) is 2. The molecule has 1 aromatic rings. The van der Waals surface area contributed by atoms with Gasteiger partial charge in [0.25, 0.3) is 0 Å². The zero-order valence-corrected chi connectivity index (χ0v) is 18.7. The molecule has 0 radical (unpaired) electrons. The Hall–Kier alpha value is -1.67. The van der Waals surface area contributed by atoms with Crippen LogP contribution in [0.5, 0.6) is 5.75 Å². The van der Waals surface area contributed by atoms with Crippen LogP contribution in [0.25, 0.3) is 0 Å². The molecule has 1 atom stereocenters. The van der Waals surface area contributed by atoms with Crippen LogP contribution in [0.4, 0.5) is 0 Å². The number of hydrogen-bond donors (Lipinski definition) is 2. The fourth-order valence-corrected chi connectivity index (χ4v) is 4.39. The minimum absolute atomic E-state index is 0.0495. The average molecular weight is 421 g/mol. The number of benzene rings is 1. The number of amides is 1. The zero-order valence-electron chi connectivity index (χ0n) is 18.7. The summed E-state index contributed by atoms with van der Waals surface area (Å²) in [6.45, 7) is 11.1. The highest BCUT2D eigenvalue weighted by molar-refractivity contribution is 5.73. The maximum absolute atomic E-state index is 11.6. The Kier molecular flexibility index (Phi) is 7.07. The van der Waals surface area contributed by atoms with E-state index < -0.39 is 11.2 Å². The molecule has 30 heavy (non-hydrogen) atoms. The van der Waals surface area contributed by atoms with E-state index in [0.29, 0.717) is 52.2 Å². The lowest BCUT2D eigenvalue weighted by molar-refractivity contribution is -0.134. The van der Waals surface area contributed by atoms with Crippen molar-refractivity contribution in [3.8, 4) is 5.75 Å². The summed E-state index contributed by atoms with van der Waals surface area (Å²) >= 11 is 0. The van der Waals surface area contributed by atoms with Crippen molar-refractivity contribution in [2.45, 2.75) is 51.7 Å². The van der Waals surface area contributed by atoms with Crippen LogP contribution in [0, 0.1) is 20.8 Å². The van der Waals surface area contributed by atoms with Crippen molar-refractivity contribution in [2.75, 3.05) is 52.5 Å². The minimum Gasteiger partial charge on any atom is -0.490 e. The van der Waals surface area contributed by atoms with E-state index >= 15 is 0 Å². The number of aryl methyl sites for hydroxylation is 2. The SMILES string of the molecule is CC(=O)N1CCC(O)(CN2CCOCC(O)(COc3cc(C)cc(C)c3C)C2)CC1. The summed E-state index contributed by atoms with van der Waals surface area (Å²) in [6, 6.07) is 4.11. The van der Waals surface area contributed by atoms with Crippen molar-refractivity contribution in [3.63, 3.8) is 0 Å². The molecule has 168 valence electrons. The van der Waals surface area contributed by atoms with Crippen LogP contribution in [0.15, 0.2) is 12.1 Å². The highest BCUT2D eigenvalue weighted by atomic mass is 16.5. The number of aliphatic hydroxyl groups is 2. The summed E-state index contributed by atoms with van der Waals surface area (Å²) in [6.07, 6.45) is 1.08. The molecular weight excluding hydrogens is 384 g/mol. The van der Waals surface area contributed by atoms with E-state index in [1.165, 1.54) is 0 Å². The van der Waals surface area contributed by atoms with E-state index in [9.17, 15) is 15.0 Å². The molecule has 2 heterocycles. The van der Waals surface area contributed by atoms with Gasteiger partial charge in [0.15, 0.2) is 0 Å². The van der Waals surface area contributed by atoms with Gasteiger partial charge in [0.1, 0.15) is 18.0 Å². The smallest absolute Gasteiger partial charge is 0.219 e. The Morgan fingerprint density at radius 3 is 2.50 bits per heavy atom. The van der Waals surface area contributed by atoms with Crippen molar-refractivity contribution in [2.24, 2.45) is 0 Å². The van der Waals surface area contributed by atoms with E-state index in [0.717, 1.165) is 22.4 Å². The van der Waals surface area contributed by atoms with E-state index in [-0.39, 0.29) is 19.1 Å². The number of hydrogen-bond acceptors (Lipinski definition) is 6. The Balaban J connectivity index is 1.62. The van der Waals surface area contributed by atoms with Crippen LogP contribution in [-0.4, -0.2) is 89.7 Å². The molecule has 0 spiro atoms. The molecule has 2 fully saturated rings. The van der Waals surface area contributed by atoms with Gasteiger partial charge in [-0.2, -0.15) is 0 Å². The standard InChI is InChI=1S/C23H36N2O5/c1-17-11-18(2)19(3)21(12-17)30-16-23(28)14-24(9-10-29-15-23)13-22(27)5-7-25(8-6-22)20(4)26/h11-12,27-28H,5-10,13-16H2,1-4H3. The predicted molar refractivity (Wildman–Crippen MR) is 115 cm³/mol. The topological polar surface area (TPSA) is 82.5 Å². The van der Waals surface area contributed by atoms with Gasteiger partial charge in [0.2, 0.25) is 5.91 Å². The number of carbonyl (C=O) groups is 1. The fraction of sp³-hybridized carbons (Fsp3) is 0.696. The first-order valence-corrected chi connectivity index (χ1v) is 10.8. The third kappa shape index (κ3) is 5.72. The van der Waals surface area contributed by atoms with E-state index in [2.05, 4.69) is 17.9 Å². The maximum Gasteiger partial charge on any atom is 0.219 e. The van der Waals surface area contributed by atoms with Gasteiger partial charge in [-0.25, -0.2) is 0 Å². The quantitative estimate of drug-likeness (QED) is 0.750. The van der Waals surface area contributed by atoms with Gasteiger partial charge in [-0.05, 0) is 56.4 Å². The zero-order chi connectivity index (χ0) is 21.9. The van der Waals surface area contributed by atoms with Crippen molar-refractivity contribution in [1.29, 1.82) is 0 Å². The molecule has 2 aliphatic rings. The lowest BCUT2D eigenvalue weighted by Crippen LogP contribution is -2.55. The maximum atomic E-state index is 11.6. The molecule has 7 nitrogen and oxygen atoms in total. The fourth-order valence-electron chi connectivity index (χ4n) is 4.39. The summed E-state index contributed by atoms with van der Waals surface area (Å²) in [4.78, 5) is 15.4. The third-order valence-electron chi connectivity index (χ3n) is 6.36. The van der Waals surface area contributed by atoms with E-state index in [4.69, 9.17) is 9.47 Å². The second-order valence-electron chi connectivity index (χ2n) is 9.21. The predicted octanol–water partition coefficient (Wildman–Crippen LogP) is 1.43. The molecule has 0 saturated carbocycles. The Bertz CT molecular complexity index is 760. The van der Waals surface area contributed by atoms with Crippen LogP contribution in [0.2, 0.25) is 0 Å². The first kappa shape index (κ1) is 23.0. The molecule has 0 aliphatic carbocycles. The van der Waals surface area contributed by atoms with Crippen molar-refractivity contribution >= 4 is 5.91 Å². The van der Waals surface area contributed by atoms with E-state index in [1.807, 2.05) is 19.9 Å². The van der Waals surface area contributed by atoms with Crippen LogP contribution >= 0.6 is 0 Å². The van der Waals surface area contributed by atoms with Gasteiger partial charge >= 0.3 is 0 Å². The summed E-state index contributed by atoms with van der Waals surface area (Å²) < 4.78 is 11.7. The van der Waals surface area contributed by atoms with Gasteiger partial charge in [-0.3, -0.25) is 9.69 Å². The molecule has 7 heteroatoms. The normalized spacial score (nSPS) is 25.1. The Morgan fingerprint density at radius 1 is 1.13 bits per heavy atom. The highest BCUT2D eigenvalue weighted by Gasteiger charge is 2.39. The first-order valence-electron chi connectivity index (χ1n) is 10.8. The number of rotatable bonds is 5. The van der Waals surface area contributed by atoms with Gasteiger partial charge in [-0.1, -0.05) is 6.07 Å². The number of nitrogens with zero attached hydrogens (tertiary/aromatic N) is 2. The molecule has 0 aromatic heterocycles. The minimum atomic E-state index is -1.16. The summed E-state index contributed by atoms with van der Waals surface area (Å²) in [5, 5.41) is 22.3. The van der Waals surface area contributed by atoms with Crippen molar-refractivity contribution < 1.29 is 24.5 Å². The third-order valence-corrected chi connectivity index (χ3v) is 6.36. The van der Waals surface area contributed by atoms with Crippen molar-refractivity contribution in [1.82, 2.24) is 9.80 Å². The molecule has 2 saturated heterocycles. The summed E-state index contributed by atoms with van der Waals surface area (Å²) in [5.41, 5.74) is 1.34. The van der Waals surface area contributed by atoms with Crippen LogP contribution in [-0.2, 0) is 9.53 Å². The molecule has 2 aliphatic heterocycles. The van der Waals surface area contributed by atoms with Crippen molar-refractivity contribution in [3.05, 3.63) is 28.8 Å². The van der Waals surface area contributed by atoms with Crippen LogP contribution < -0.4 is 4.74 Å².